The van der Waals surface area contributed by atoms with E-state index in [2.05, 4.69) is 0 Å². The number of alkyl halides is 3. The van der Waals surface area contributed by atoms with Crippen LogP contribution >= 0.6 is 10.7 Å². The summed E-state index contributed by atoms with van der Waals surface area (Å²) in [5.74, 6) is 0. The molecule has 0 aromatic heterocycles. The Balaban J connectivity index is 5.92. The number of hydrogen-bond acceptors (Lipinski definition) is 1. The van der Waals surface area contributed by atoms with E-state index >= 15 is 0 Å². The van der Waals surface area contributed by atoms with Crippen LogP contribution in [0.1, 0.15) is 27.7 Å². The Morgan fingerprint density at radius 1 is 0.941 bits per heavy atom. The molecular weight excluding hydrogens is 277 g/mol. The fourth-order valence-corrected chi connectivity index (χ4v) is 5.67. The van der Waals surface area contributed by atoms with E-state index in [9.17, 15) is 17.4 Å². The SMILES string of the molecule is CCN(CC)S(=O)(Cl)(N(CC)CC)C(F)(F)F. The Morgan fingerprint density at radius 3 is 1.29 bits per heavy atom. The monoisotopic (exact) mass is 296 g/mol. The van der Waals surface area contributed by atoms with E-state index in [0.29, 0.717) is 0 Å². The summed E-state index contributed by atoms with van der Waals surface area (Å²) in [6.07, 6.45) is 0. The van der Waals surface area contributed by atoms with Gasteiger partial charge in [0.2, 0.25) is 0 Å². The number of hydrogen-bond donors (Lipinski definition) is 0. The smallest absolute Gasteiger partial charge is 0.230 e. The second-order valence-corrected chi connectivity index (χ2v) is 8.16. The van der Waals surface area contributed by atoms with Crippen LogP contribution in [0.2, 0.25) is 0 Å². The van der Waals surface area contributed by atoms with Crippen molar-refractivity contribution in [1.82, 2.24) is 8.61 Å². The molecule has 0 bridgehead atoms. The normalized spacial score (nSPS) is 16.2. The predicted molar refractivity (Wildman–Crippen MR) is 65.9 cm³/mol. The van der Waals surface area contributed by atoms with Crippen LogP contribution in [0.4, 0.5) is 13.2 Å². The van der Waals surface area contributed by atoms with Gasteiger partial charge in [-0.25, -0.2) is 12.8 Å². The van der Waals surface area contributed by atoms with Gasteiger partial charge in [0.15, 0.2) is 8.65 Å². The first-order chi connectivity index (χ1) is 7.60. The van der Waals surface area contributed by atoms with Crippen molar-refractivity contribution in [3.05, 3.63) is 0 Å². The lowest BCUT2D eigenvalue weighted by atomic mass is 10.7. The van der Waals surface area contributed by atoms with Crippen LogP contribution in [0, 0.1) is 0 Å². The first-order valence-electron chi connectivity index (χ1n) is 5.55. The Bertz CT molecular complexity index is 298. The summed E-state index contributed by atoms with van der Waals surface area (Å²) in [4.78, 5) is 0. The summed E-state index contributed by atoms with van der Waals surface area (Å²) in [7, 11) is 0.163. The molecule has 0 fully saturated rings. The summed E-state index contributed by atoms with van der Waals surface area (Å²) >= 11 is 0. The van der Waals surface area contributed by atoms with Crippen LogP contribution in [-0.2, 0) is 8.65 Å². The van der Waals surface area contributed by atoms with Gasteiger partial charge in [-0.3, -0.25) is 0 Å². The third-order valence-electron chi connectivity index (χ3n) is 2.69. The molecule has 0 saturated heterocycles. The molecule has 0 N–H and O–H groups in total. The van der Waals surface area contributed by atoms with Gasteiger partial charge >= 0.3 is 5.51 Å². The minimum Gasteiger partial charge on any atom is -0.230 e. The highest BCUT2D eigenvalue weighted by molar-refractivity contribution is 8.35. The Morgan fingerprint density at radius 2 is 1.18 bits per heavy atom. The van der Waals surface area contributed by atoms with E-state index in [1.54, 1.807) is 0 Å². The maximum absolute atomic E-state index is 13.3. The fraction of sp³-hybridized carbons (Fsp3) is 1.00. The molecule has 17 heavy (non-hydrogen) atoms. The van der Waals surface area contributed by atoms with Crippen LogP contribution in [0.25, 0.3) is 0 Å². The highest BCUT2D eigenvalue weighted by atomic mass is 35.7. The van der Waals surface area contributed by atoms with Crippen LogP contribution in [0.5, 0.6) is 0 Å². The van der Waals surface area contributed by atoms with Crippen molar-refractivity contribution < 1.29 is 17.4 Å². The van der Waals surface area contributed by atoms with Gasteiger partial charge in [-0.05, 0) is 0 Å². The standard InChI is InChI=1S/C9H20ClF3N2OS/c1-5-14(6-2)17(10,16,9(11,12)13)15(7-3)8-4/h5-8H2,1-4H3. The van der Waals surface area contributed by atoms with Crippen LogP contribution in [0.15, 0.2) is 0 Å². The second-order valence-electron chi connectivity index (χ2n) is 3.45. The molecule has 106 valence electrons. The lowest BCUT2D eigenvalue weighted by Crippen LogP contribution is -2.65. The minimum absolute atomic E-state index is 0.0264. The molecule has 0 aromatic carbocycles. The Hall–Kier alpha value is 0.150. The summed E-state index contributed by atoms with van der Waals surface area (Å²) in [6.45, 7) is 5.93. The van der Waals surface area contributed by atoms with Gasteiger partial charge in [0.05, 0.1) is 0 Å². The predicted octanol–water partition coefficient (Wildman–Crippen LogP) is 2.99. The second kappa shape index (κ2) is 5.42. The molecule has 8 heteroatoms. The van der Waals surface area contributed by atoms with Gasteiger partial charge in [0.1, 0.15) is 0 Å². The third kappa shape index (κ3) is 2.47. The summed E-state index contributed by atoms with van der Waals surface area (Å²) in [5.41, 5.74) is -4.99. The van der Waals surface area contributed by atoms with Crippen molar-refractivity contribution >= 4 is 19.3 Å². The highest BCUT2D eigenvalue weighted by Crippen LogP contribution is 2.52. The molecule has 0 aromatic rings. The maximum atomic E-state index is 13.3. The van der Waals surface area contributed by atoms with E-state index in [0.717, 1.165) is 8.61 Å². The van der Waals surface area contributed by atoms with Crippen molar-refractivity contribution in [3.8, 4) is 0 Å². The van der Waals surface area contributed by atoms with E-state index < -0.39 is 14.2 Å². The molecule has 0 spiro atoms. The van der Waals surface area contributed by atoms with Gasteiger partial charge in [-0.1, -0.05) is 27.7 Å². The quantitative estimate of drug-likeness (QED) is 0.691. The molecule has 0 unspecified atom stereocenters. The van der Waals surface area contributed by atoms with Gasteiger partial charge in [0.25, 0.3) is 0 Å². The molecule has 0 radical (unpaired) electrons. The molecule has 3 nitrogen and oxygen atoms in total. The summed E-state index contributed by atoms with van der Waals surface area (Å²) in [5, 5.41) is 0. The average Bonchev–Trinajstić information content (AvgIpc) is 2.18. The Labute approximate surface area is 105 Å². The largest absolute Gasteiger partial charge is 0.488 e. The zero-order valence-corrected chi connectivity index (χ0v) is 12.1. The Kier molecular flexibility index (Phi) is 5.47. The minimum atomic E-state index is -5.52. The molecule has 0 amide bonds. The zero-order chi connectivity index (χ0) is 13.9. The molecule has 0 aliphatic rings. The van der Waals surface area contributed by atoms with Crippen molar-refractivity contribution in [3.63, 3.8) is 0 Å². The summed E-state index contributed by atoms with van der Waals surface area (Å²) < 4.78 is 54.0. The molecule has 0 heterocycles. The molecule has 0 rings (SSSR count). The molecule has 0 atom stereocenters. The van der Waals surface area contributed by atoms with E-state index in [4.69, 9.17) is 10.7 Å². The van der Waals surface area contributed by atoms with Gasteiger partial charge < -0.3 is 0 Å². The van der Waals surface area contributed by atoms with Crippen molar-refractivity contribution in [2.75, 3.05) is 26.2 Å². The van der Waals surface area contributed by atoms with Gasteiger partial charge in [-0.15, -0.1) is 0 Å². The van der Waals surface area contributed by atoms with Gasteiger partial charge in [-0.2, -0.15) is 13.2 Å². The fourth-order valence-electron chi connectivity index (χ4n) is 1.80. The first-order valence-corrected chi connectivity index (χ1v) is 8.26. The van der Waals surface area contributed by atoms with E-state index in [-0.39, 0.29) is 26.2 Å². The van der Waals surface area contributed by atoms with E-state index in [1.165, 1.54) is 27.7 Å². The first kappa shape index (κ1) is 17.2. The lowest BCUT2D eigenvalue weighted by Gasteiger charge is -2.51. The van der Waals surface area contributed by atoms with Crippen LogP contribution < -0.4 is 0 Å². The highest BCUT2D eigenvalue weighted by Gasteiger charge is 2.65. The lowest BCUT2D eigenvalue weighted by molar-refractivity contribution is -0.0546. The van der Waals surface area contributed by atoms with Crippen LogP contribution in [0.3, 0.4) is 0 Å². The number of rotatable bonds is 6. The number of nitrogens with zero attached hydrogens (tertiary/aromatic N) is 2. The zero-order valence-electron chi connectivity index (χ0n) is 10.6. The maximum Gasteiger partial charge on any atom is 0.488 e. The number of halogens is 4. The molecule has 0 saturated carbocycles. The van der Waals surface area contributed by atoms with Crippen molar-refractivity contribution in [2.45, 2.75) is 33.2 Å². The van der Waals surface area contributed by atoms with Crippen molar-refractivity contribution in [1.29, 1.82) is 0 Å². The summed E-state index contributed by atoms with van der Waals surface area (Å²) in [6, 6.07) is 0. The topological polar surface area (TPSA) is 23.6 Å². The molecule has 0 aliphatic carbocycles. The van der Waals surface area contributed by atoms with E-state index in [1.807, 2.05) is 0 Å². The van der Waals surface area contributed by atoms with Crippen LogP contribution in [-0.4, -0.2) is 44.5 Å². The average molecular weight is 297 g/mol. The third-order valence-corrected chi connectivity index (χ3v) is 7.99. The molecular formula is C9H20ClF3N2OS. The van der Waals surface area contributed by atoms with Gasteiger partial charge in [0, 0.05) is 36.9 Å². The van der Waals surface area contributed by atoms with Crippen molar-refractivity contribution in [2.24, 2.45) is 0 Å². The molecule has 0 aliphatic heterocycles.